The lowest BCUT2D eigenvalue weighted by Gasteiger charge is -2.16. The van der Waals surface area contributed by atoms with Crippen LogP contribution in [0.5, 0.6) is 0 Å². The Labute approximate surface area is 190 Å². The van der Waals surface area contributed by atoms with Crippen LogP contribution in [0.15, 0.2) is 65.5 Å². The molecule has 1 N–H and O–H groups in total. The summed E-state index contributed by atoms with van der Waals surface area (Å²) in [5.74, 6) is -0.850. The molecule has 170 valence electrons. The maximum absolute atomic E-state index is 12.6. The van der Waals surface area contributed by atoms with Crippen molar-refractivity contribution in [2.24, 2.45) is 5.16 Å². The summed E-state index contributed by atoms with van der Waals surface area (Å²) in [6.45, 7) is 4.08. The van der Waals surface area contributed by atoms with Crippen molar-refractivity contribution in [1.29, 1.82) is 0 Å². The highest BCUT2D eigenvalue weighted by molar-refractivity contribution is 6.31. The van der Waals surface area contributed by atoms with Gasteiger partial charge in [0.25, 0.3) is 0 Å². The van der Waals surface area contributed by atoms with Crippen molar-refractivity contribution in [1.82, 2.24) is 4.57 Å². The number of nitrogens with zero attached hydrogens (tertiary/aromatic N) is 2. The second-order valence-electron chi connectivity index (χ2n) is 7.53. The lowest BCUT2D eigenvalue weighted by molar-refractivity contribution is -0.253. The summed E-state index contributed by atoms with van der Waals surface area (Å²) < 4.78 is 7.16. The molecule has 0 saturated heterocycles. The molecule has 0 amide bonds. The van der Waals surface area contributed by atoms with E-state index in [9.17, 15) is 9.59 Å². The molecular weight excluding hydrogens is 424 g/mol. The number of para-hydroxylation sites is 1. The average Bonchev–Trinajstić information content (AvgIpc) is 3.37. The van der Waals surface area contributed by atoms with Gasteiger partial charge in [0, 0.05) is 28.2 Å². The molecule has 0 fully saturated rings. The summed E-state index contributed by atoms with van der Waals surface area (Å²) in [6.07, 6.45) is 4.15. The first-order chi connectivity index (χ1) is 16.1. The third-order valence-electron chi connectivity index (χ3n) is 5.51. The molecule has 1 aromatic heterocycles. The molecule has 2 aromatic carbocycles. The maximum atomic E-state index is 12.6. The van der Waals surface area contributed by atoms with Gasteiger partial charge in [-0.25, -0.2) is 14.5 Å². The molecule has 0 saturated carbocycles. The predicted octanol–water partition coefficient (Wildman–Crippen LogP) is 4.49. The zero-order valence-electron chi connectivity index (χ0n) is 18.4. The maximum Gasteiger partial charge on any atom is 0.368 e. The average molecular weight is 448 g/mol. The fourth-order valence-corrected chi connectivity index (χ4v) is 3.93. The largest absolute Gasteiger partial charge is 0.464 e. The van der Waals surface area contributed by atoms with E-state index in [-0.39, 0.29) is 12.6 Å². The summed E-state index contributed by atoms with van der Waals surface area (Å²) in [5, 5.41) is 13.5. The highest BCUT2D eigenvalue weighted by Gasteiger charge is 2.28. The van der Waals surface area contributed by atoms with Crippen LogP contribution in [-0.4, -0.2) is 34.1 Å². The summed E-state index contributed by atoms with van der Waals surface area (Å²) in [7, 11) is 0. The van der Waals surface area contributed by atoms with E-state index in [4.69, 9.17) is 14.8 Å². The Kier molecular flexibility index (Phi) is 6.67. The summed E-state index contributed by atoms with van der Waals surface area (Å²) in [4.78, 5) is 34.2. The lowest BCUT2D eigenvalue weighted by atomic mass is 9.99. The fourth-order valence-electron chi connectivity index (χ4n) is 3.93. The molecule has 0 radical (unpaired) electrons. The van der Waals surface area contributed by atoms with E-state index in [2.05, 4.69) is 10.0 Å². The predicted molar refractivity (Wildman–Crippen MR) is 122 cm³/mol. The van der Waals surface area contributed by atoms with Crippen molar-refractivity contribution >= 4 is 34.6 Å². The molecule has 2 heterocycles. The van der Waals surface area contributed by atoms with Gasteiger partial charge < -0.3 is 14.1 Å². The van der Waals surface area contributed by atoms with E-state index in [1.807, 2.05) is 42.0 Å². The Morgan fingerprint density at radius 2 is 1.94 bits per heavy atom. The zero-order chi connectivity index (χ0) is 23.4. The number of oxime groups is 1. The number of benzene rings is 2. The van der Waals surface area contributed by atoms with E-state index in [1.165, 1.54) is 0 Å². The third kappa shape index (κ3) is 4.44. The van der Waals surface area contributed by atoms with E-state index in [0.717, 1.165) is 22.0 Å². The van der Waals surface area contributed by atoms with Crippen LogP contribution < -0.4 is 0 Å². The van der Waals surface area contributed by atoms with E-state index in [0.29, 0.717) is 29.9 Å². The minimum Gasteiger partial charge on any atom is -0.464 e. The molecule has 1 unspecified atom stereocenters. The van der Waals surface area contributed by atoms with Gasteiger partial charge in [0.2, 0.25) is 0 Å². The molecule has 1 atom stereocenters. The number of fused-ring (bicyclic) bond motifs is 1. The van der Waals surface area contributed by atoms with Crippen LogP contribution in [0.2, 0.25) is 0 Å². The second kappa shape index (κ2) is 9.81. The molecule has 1 aliphatic rings. The number of carbonyl (C=O) groups excluding carboxylic acids is 2. The molecule has 1 aliphatic heterocycles. The number of hydrogen-bond acceptors (Lipinski definition) is 7. The fraction of sp³-hybridized carbons (Fsp3) is 0.240. The summed E-state index contributed by atoms with van der Waals surface area (Å²) >= 11 is 0. The monoisotopic (exact) mass is 448 g/mol. The van der Waals surface area contributed by atoms with Crippen LogP contribution in [0, 0.1) is 0 Å². The van der Waals surface area contributed by atoms with Gasteiger partial charge >= 0.3 is 11.9 Å². The molecule has 33 heavy (non-hydrogen) atoms. The van der Waals surface area contributed by atoms with Crippen molar-refractivity contribution < 1.29 is 29.3 Å². The molecule has 0 aliphatic carbocycles. The first-order valence-corrected chi connectivity index (χ1v) is 10.7. The van der Waals surface area contributed by atoms with Crippen LogP contribution in [-0.2, 0) is 30.7 Å². The third-order valence-corrected chi connectivity index (χ3v) is 5.51. The minimum absolute atomic E-state index is 0.0590. The van der Waals surface area contributed by atoms with Gasteiger partial charge in [0.15, 0.2) is 0 Å². The number of ether oxygens (including phenoxy) is 1. The van der Waals surface area contributed by atoms with Crippen molar-refractivity contribution in [3.63, 3.8) is 0 Å². The number of carbonyl (C=O) groups is 2. The molecule has 3 aromatic rings. The Bertz CT molecular complexity index is 1240. The first kappa shape index (κ1) is 22.4. The topological polar surface area (TPSA) is 99.4 Å². The molecule has 8 heteroatoms. The van der Waals surface area contributed by atoms with Crippen LogP contribution in [0.25, 0.3) is 17.0 Å². The normalized spacial score (nSPS) is 15.5. The first-order valence-electron chi connectivity index (χ1n) is 10.7. The van der Waals surface area contributed by atoms with Gasteiger partial charge in [-0.05, 0) is 31.1 Å². The van der Waals surface area contributed by atoms with E-state index < -0.39 is 12.0 Å². The molecule has 0 bridgehead atoms. The van der Waals surface area contributed by atoms with E-state index >= 15 is 0 Å². The lowest BCUT2D eigenvalue weighted by Crippen LogP contribution is -2.20. The second-order valence-corrected chi connectivity index (χ2v) is 7.53. The Hall–Kier alpha value is -3.75. The minimum atomic E-state index is -0.554. The Morgan fingerprint density at radius 3 is 2.64 bits per heavy atom. The summed E-state index contributed by atoms with van der Waals surface area (Å²) in [6, 6.07) is 14.3. The number of esters is 1. The SMILES string of the molecule is CCOC(=O)C(CC)n1cc(C=C2C(=O)ON=C2c2ccc(COO)cc2)c2ccccc21. The van der Waals surface area contributed by atoms with E-state index in [1.54, 1.807) is 37.3 Å². The highest BCUT2D eigenvalue weighted by Crippen LogP contribution is 2.30. The van der Waals surface area contributed by atoms with Crippen molar-refractivity contribution in [3.05, 3.63) is 77.0 Å². The number of rotatable bonds is 8. The van der Waals surface area contributed by atoms with Gasteiger partial charge in [-0.15, -0.1) is 0 Å². The molecular formula is C25H24N2O6. The van der Waals surface area contributed by atoms with Crippen LogP contribution >= 0.6 is 0 Å². The Morgan fingerprint density at radius 1 is 1.18 bits per heavy atom. The molecule has 8 nitrogen and oxygen atoms in total. The Balaban J connectivity index is 1.77. The van der Waals surface area contributed by atoms with Crippen LogP contribution in [0.1, 0.15) is 43.0 Å². The molecule has 0 spiro atoms. The van der Waals surface area contributed by atoms with Crippen LogP contribution in [0.4, 0.5) is 0 Å². The van der Waals surface area contributed by atoms with Gasteiger partial charge in [0.1, 0.15) is 18.4 Å². The standard InChI is InChI=1S/C25H24N2O6/c1-3-21(25(29)31-4-2)27-14-18(19-7-5-6-8-22(19)27)13-20-23(26-33-24(20)28)17-11-9-16(10-12-17)15-32-30/h5-14,21,30H,3-4,15H2,1-2H3. The van der Waals surface area contributed by atoms with Crippen molar-refractivity contribution in [2.75, 3.05) is 6.61 Å². The summed E-state index contributed by atoms with van der Waals surface area (Å²) in [5.41, 5.74) is 3.81. The van der Waals surface area contributed by atoms with Crippen LogP contribution in [0.3, 0.4) is 0 Å². The number of hydrogen-bond donors (Lipinski definition) is 1. The van der Waals surface area contributed by atoms with Gasteiger partial charge in [-0.1, -0.05) is 54.5 Å². The smallest absolute Gasteiger partial charge is 0.368 e. The van der Waals surface area contributed by atoms with Gasteiger partial charge in [-0.2, -0.15) is 0 Å². The molecule has 4 rings (SSSR count). The number of aromatic nitrogens is 1. The quantitative estimate of drug-likeness (QED) is 0.179. The van der Waals surface area contributed by atoms with Gasteiger partial charge in [0.05, 0.1) is 12.2 Å². The van der Waals surface area contributed by atoms with Crippen molar-refractivity contribution in [2.45, 2.75) is 32.9 Å². The van der Waals surface area contributed by atoms with Crippen molar-refractivity contribution in [3.8, 4) is 0 Å². The highest BCUT2D eigenvalue weighted by atomic mass is 17.1. The van der Waals surface area contributed by atoms with Gasteiger partial charge in [-0.3, -0.25) is 5.26 Å². The zero-order valence-corrected chi connectivity index (χ0v) is 18.4.